The van der Waals surface area contributed by atoms with Gasteiger partial charge in [-0.3, -0.25) is 24.3 Å². The van der Waals surface area contributed by atoms with Crippen molar-refractivity contribution in [3.8, 4) is 0 Å². The number of nitrogens with one attached hydrogen (secondary N) is 2. The maximum atomic E-state index is 12.4. The molecule has 0 atom stereocenters. The number of aromatic nitrogens is 2. The number of hydrazone groups is 1. The van der Waals surface area contributed by atoms with Crippen LogP contribution in [-0.2, 0) is 20.9 Å². The summed E-state index contributed by atoms with van der Waals surface area (Å²) in [4.78, 5) is 47.5. The minimum absolute atomic E-state index is 0.00183. The number of esters is 1. The molecule has 1 amide bonds. The van der Waals surface area contributed by atoms with Gasteiger partial charge in [-0.2, -0.15) is 5.10 Å². The van der Waals surface area contributed by atoms with Crippen LogP contribution in [0.3, 0.4) is 0 Å². The Hall–Kier alpha value is -3.23. The van der Waals surface area contributed by atoms with Crippen molar-refractivity contribution in [3.05, 3.63) is 45.0 Å². The minimum atomic E-state index is -0.410. The quantitative estimate of drug-likeness (QED) is 0.404. The van der Waals surface area contributed by atoms with Crippen LogP contribution in [-0.4, -0.2) is 34.0 Å². The van der Waals surface area contributed by atoms with Gasteiger partial charge in [-0.15, -0.1) is 0 Å². The van der Waals surface area contributed by atoms with E-state index in [0.29, 0.717) is 22.9 Å². The molecule has 0 aliphatic carbocycles. The first kappa shape index (κ1) is 20.1. The van der Waals surface area contributed by atoms with Crippen molar-refractivity contribution in [1.29, 1.82) is 0 Å². The maximum absolute atomic E-state index is 12.4. The third-order valence-corrected chi connectivity index (χ3v) is 3.75. The van der Waals surface area contributed by atoms with E-state index in [1.807, 2.05) is 0 Å². The number of nitrogens with zero attached hydrogens (tertiary/aromatic N) is 2. The van der Waals surface area contributed by atoms with Crippen LogP contribution >= 0.6 is 0 Å². The summed E-state index contributed by atoms with van der Waals surface area (Å²) in [7, 11) is 0. The summed E-state index contributed by atoms with van der Waals surface area (Å²) >= 11 is 0. The molecule has 0 spiro atoms. The zero-order valence-corrected chi connectivity index (χ0v) is 15.3. The molecule has 0 aliphatic rings. The fraction of sp³-hybridized carbons (Fsp3) is 0.389. The molecule has 0 bridgehead atoms. The van der Waals surface area contributed by atoms with Crippen molar-refractivity contribution in [2.24, 2.45) is 5.10 Å². The average Bonchev–Trinajstić information content (AvgIpc) is 2.64. The van der Waals surface area contributed by atoms with Crippen molar-refractivity contribution >= 4 is 28.4 Å². The molecule has 1 aromatic carbocycles. The zero-order chi connectivity index (χ0) is 19.8. The Kier molecular flexibility index (Phi) is 7.04. The molecule has 1 heterocycles. The molecule has 2 aromatic rings. The van der Waals surface area contributed by atoms with Gasteiger partial charge in [-0.1, -0.05) is 12.1 Å². The number of hydrogen-bond acceptors (Lipinski definition) is 6. The minimum Gasteiger partial charge on any atom is -0.466 e. The monoisotopic (exact) mass is 374 g/mol. The number of amides is 1. The van der Waals surface area contributed by atoms with E-state index >= 15 is 0 Å². The van der Waals surface area contributed by atoms with Crippen molar-refractivity contribution in [2.45, 2.75) is 39.7 Å². The number of aryl methyl sites for hydroxylation is 1. The number of H-pyrrole nitrogens is 1. The van der Waals surface area contributed by atoms with Crippen molar-refractivity contribution < 1.29 is 14.3 Å². The second-order valence-corrected chi connectivity index (χ2v) is 5.91. The van der Waals surface area contributed by atoms with Gasteiger partial charge < -0.3 is 4.74 Å². The van der Waals surface area contributed by atoms with Crippen LogP contribution in [0, 0.1) is 0 Å². The van der Waals surface area contributed by atoms with Gasteiger partial charge in [0.2, 0.25) is 5.91 Å². The molecule has 0 aliphatic heterocycles. The van der Waals surface area contributed by atoms with Crippen LogP contribution in [0.2, 0.25) is 0 Å². The first-order valence-corrected chi connectivity index (χ1v) is 8.62. The normalized spacial score (nSPS) is 11.4. The number of carbonyl (C=O) groups is 2. The van der Waals surface area contributed by atoms with Gasteiger partial charge >= 0.3 is 5.97 Å². The molecular weight excluding hydrogens is 352 g/mol. The third-order valence-electron chi connectivity index (χ3n) is 3.75. The van der Waals surface area contributed by atoms with E-state index in [-0.39, 0.29) is 43.0 Å². The smallest absolute Gasteiger partial charge is 0.311 e. The van der Waals surface area contributed by atoms with E-state index in [9.17, 15) is 19.2 Å². The molecule has 27 heavy (non-hydrogen) atoms. The maximum Gasteiger partial charge on any atom is 0.311 e. The lowest BCUT2D eigenvalue weighted by molar-refractivity contribution is -0.141. The van der Waals surface area contributed by atoms with E-state index in [1.165, 1.54) is 4.68 Å². The summed E-state index contributed by atoms with van der Waals surface area (Å²) in [5, 5.41) is 7.02. The van der Waals surface area contributed by atoms with Crippen LogP contribution in [0.4, 0.5) is 0 Å². The number of rotatable bonds is 8. The highest BCUT2D eigenvalue weighted by Gasteiger charge is 2.08. The molecular formula is C18H22N4O5. The SMILES string of the molecule is CCOC(=O)CC(C)=NNC(=O)CCCn1[nH]c(=O)c2ccccc2c1=O. The predicted molar refractivity (Wildman–Crippen MR) is 101 cm³/mol. The number of hydrogen-bond donors (Lipinski definition) is 2. The molecule has 9 heteroatoms. The number of ether oxygens (including phenoxy) is 1. The molecule has 144 valence electrons. The molecule has 2 rings (SSSR count). The molecule has 2 N–H and O–H groups in total. The first-order chi connectivity index (χ1) is 12.9. The van der Waals surface area contributed by atoms with Crippen molar-refractivity contribution in [3.63, 3.8) is 0 Å². The fourth-order valence-corrected chi connectivity index (χ4v) is 2.48. The highest BCUT2D eigenvalue weighted by atomic mass is 16.5. The van der Waals surface area contributed by atoms with E-state index in [2.05, 4.69) is 15.6 Å². The first-order valence-electron chi connectivity index (χ1n) is 8.62. The highest BCUT2D eigenvalue weighted by molar-refractivity contribution is 5.97. The lowest BCUT2D eigenvalue weighted by Crippen LogP contribution is -2.30. The Labute approximate surface area is 155 Å². The Bertz CT molecular complexity index is 974. The number of carbonyl (C=O) groups excluding carboxylic acids is 2. The number of benzene rings is 1. The zero-order valence-electron chi connectivity index (χ0n) is 15.3. The summed E-state index contributed by atoms with van der Waals surface area (Å²) in [6, 6.07) is 6.56. The highest BCUT2D eigenvalue weighted by Crippen LogP contribution is 2.03. The van der Waals surface area contributed by atoms with E-state index < -0.39 is 5.97 Å². The molecule has 0 saturated carbocycles. The average molecular weight is 374 g/mol. The Morgan fingerprint density at radius 1 is 1.22 bits per heavy atom. The third kappa shape index (κ3) is 5.63. The fourth-order valence-electron chi connectivity index (χ4n) is 2.48. The molecule has 1 aromatic heterocycles. The second-order valence-electron chi connectivity index (χ2n) is 5.91. The van der Waals surface area contributed by atoms with E-state index in [4.69, 9.17) is 4.74 Å². The van der Waals surface area contributed by atoms with Gasteiger partial charge in [0.25, 0.3) is 11.1 Å². The molecule has 0 fully saturated rings. The van der Waals surface area contributed by atoms with Crippen molar-refractivity contribution in [2.75, 3.05) is 6.61 Å². The largest absolute Gasteiger partial charge is 0.466 e. The van der Waals surface area contributed by atoms with Gasteiger partial charge in [-0.25, -0.2) is 10.1 Å². The predicted octanol–water partition coefficient (Wildman–Crippen LogP) is 0.915. The van der Waals surface area contributed by atoms with Crippen LogP contribution < -0.4 is 16.5 Å². The number of fused-ring (bicyclic) bond motifs is 1. The summed E-state index contributed by atoms with van der Waals surface area (Å²) < 4.78 is 5.99. The summed E-state index contributed by atoms with van der Waals surface area (Å²) in [5.41, 5.74) is 2.12. The van der Waals surface area contributed by atoms with E-state index in [1.54, 1.807) is 38.1 Å². The standard InChI is InChI=1S/C18H22N4O5/c1-3-27-16(24)11-12(2)19-20-15(23)9-6-10-22-18(26)14-8-5-4-7-13(14)17(25)21-22/h4-5,7-8H,3,6,9-11H2,1-2H3,(H,20,23)(H,21,25). The molecule has 9 nitrogen and oxygen atoms in total. The van der Waals surface area contributed by atoms with Gasteiger partial charge in [0.05, 0.1) is 23.8 Å². The van der Waals surface area contributed by atoms with Gasteiger partial charge in [0.1, 0.15) is 0 Å². The van der Waals surface area contributed by atoms with Gasteiger partial charge in [0, 0.05) is 18.7 Å². The van der Waals surface area contributed by atoms with Gasteiger partial charge in [0.15, 0.2) is 0 Å². The van der Waals surface area contributed by atoms with E-state index in [0.717, 1.165) is 0 Å². The molecule has 0 radical (unpaired) electrons. The number of aromatic amines is 1. The van der Waals surface area contributed by atoms with Crippen LogP contribution in [0.5, 0.6) is 0 Å². The lowest BCUT2D eigenvalue weighted by Gasteiger charge is -2.07. The molecule has 0 saturated heterocycles. The van der Waals surface area contributed by atoms with Crippen LogP contribution in [0.15, 0.2) is 39.0 Å². The molecule has 0 unspecified atom stereocenters. The van der Waals surface area contributed by atoms with Crippen LogP contribution in [0.25, 0.3) is 10.8 Å². The van der Waals surface area contributed by atoms with Gasteiger partial charge in [-0.05, 0) is 32.4 Å². The lowest BCUT2D eigenvalue weighted by atomic mass is 10.2. The summed E-state index contributed by atoms with van der Waals surface area (Å²) in [6.45, 7) is 3.80. The second kappa shape index (κ2) is 9.46. The Morgan fingerprint density at radius 2 is 1.93 bits per heavy atom. The topological polar surface area (TPSA) is 123 Å². The Balaban J connectivity index is 1.89. The Morgan fingerprint density at radius 3 is 2.63 bits per heavy atom. The summed E-state index contributed by atoms with van der Waals surface area (Å²) in [5.74, 6) is -0.762. The van der Waals surface area contributed by atoms with Crippen molar-refractivity contribution in [1.82, 2.24) is 15.2 Å². The summed E-state index contributed by atoms with van der Waals surface area (Å²) in [6.07, 6.45) is 0.450. The van der Waals surface area contributed by atoms with Crippen LogP contribution in [0.1, 0.15) is 33.1 Å².